The number of methoxy groups -OCH3 is 1. The normalized spacial score (nSPS) is 13.5. The summed E-state index contributed by atoms with van der Waals surface area (Å²) in [5, 5.41) is 0. The highest BCUT2D eigenvalue weighted by Crippen LogP contribution is 2.34. The van der Waals surface area contributed by atoms with Crippen molar-refractivity contribution in [3.8, 4) is 5.75 Å². The van der Waals surface area contributed by atoms with Gasteiger partial charge in [0.15, 0.2) is 0 Å². The molecule has 0 spiro atoms. The van der Waals surface area contributed by atoms with Gasteiger partial charge in [0.25, 0.3) is 0 Å². The van der Waals surface area contributed by atoms with Gasteiger partial charge >= 0.3 is 0 Å². The number of hydrogen-bond acceptors (Lipinski definition) is 2. The SMILES string of the molecule is COc1ccc(C(C=O)C(C)C)cc1C(C)(C)C. The summed E-state index contributed by atoms with van der Waals surface area (Å²) >= 11 is 0. The van der Waals surface area contributed by atoms with E-state index in [0.29, 0.717) is 5.92 Å². The van der Waals surface area contributed by atoms with Gasteiger partial charge in [-0.25, -0.2) is 0 Å². The molecule has 0 aliphatic heterocycles. The van der Waals surface area contributed by atoms with E-state index in [1.807, 2.05) is 12.1 Å². The minimum atomic E-state index is -0.0444. The fraction of sp³-hybridized carbons (Fsp3) is 0.562. The van der Waals surface area contributed by atoms with Crippen molar-refractivity contribution in [2.75, 3.05) is 7.11 Å². The first-order chi connectivity index (χ1) is 8.31. The maximum absolute atomic E-state index is 11.2. The molecule has 2 heteroatoms. The molecule has 0 radical (unpaired) electrons. The molecule has 100 valence electrons. The quantitative estimate of drug-likeness (QED) is 0.755. The molecule has 1 aromatic rings. The predicted octanol–water partition coefficient (Wildman–Crippen LogP) is 3.93. The van der Waals surface area contributed by atoms with Gasteiger partial charge in [-0.15, -0.1) is 0 Å². The van der Waals surface area contributed by atoms with Gasteiger partial charge in [0.1, 0.15) is 12.0 Å². The van der Waals surface area contributed by atoms with Crippen LogP contribution >= 0.6 is 0 Å². The average molecular weight is 248 g/mol. The number of aldehydes is 1. The molecule has 1 unspecified atom stereocenters. The summed E-state index contributed by atoms with van der Waals surface area (Å²) in [7, 11) is 1.68. The Labute approximate surface area is 110 Å². The van der Waals surface area contributed by atoms with Crippen LogP contribution in [0.15, 0.2) is 18.2 Å². The number of hydrogen-bond donors (Lipinski definition) is 0. The summed E-state index contributed by atoms with van der Waals surface area (Å²) in [6.45, 7) is 10.6. The van der Waals surface area contributed by atoms with Gasteiger partial charge in [-0.05, 0) is 28.5 Å². The Bertz CT molecular complexity index is 414. The van der Waals surface area contributed by atoms with E-state index < -0.39 is 0 Å². The van der Waals surface area contributed by atoms with Crippen molar-refractivity contribution in [2.24, 2.45) is 5.92 Å². The van der Waals surface area contributed by atoms with Gasteiger partial charge in [-0.1, -0.05) is 46.8 Å². The molecule has 0 bridgehead atoms. The Morgan fingerprint density at radius 2 is 1.83 bits per heavy atom. The third kappa shape index (κ3) is 3.12. The smallest absolute Gasteiger partial charge is 0.127 e. The molecule has 0 saturated carbocycles. The monoisotopic (exact) mass is 248 g/mol. The summed E-state index contributed by atoms with van der Waals surface area (Å²) in [5.41, 5.74) is 2.23. The first-order valence-corrected chi connectivity index (χ1v) is 6.45. The largest absolute Gasteiger partial charge is 0.496 e. The van der Waals surface area contributed by atoms with Crippen molar-refractivity contribution in [3.05, 3.63) is 29.3 Å². The van der Waals surface area contributed by atoms with Crippen molar-refractivity contribution in [1.82, 2.24) is 0 Å². The number of benzene rings is 1. The van der Waals surface area contributed by atoms with E-state index in [1.54, 1.807) is 7.11 Å². The van der Waals surface area contributed by atoms with Crippen molar-refractivity contribution < 1.29 is 9.53 Å². The summed E-state index contributed by atoms with van der Waals surface area (Å²) in [6, 6.07) is 6.07. The van der Waals surface area contributed by atoms with E-state index in [0.717, 1.165) is 23.2 Å². The van der Waals surface area contributed by atoms with E-state index in [9.17, 15) is 4.79 Å². The molecule has 0 saturated heterocycles. The highest BCUT2D eigenvalue weighted by Gasteiger charge is 2.22. The minimum Gasteiger partial charge on any atom is -0.496 e. The van der Waals surface area contributed by atoms with Crippen LogP contribution in [0.3, 0.4) is 0 Å². The molecule has 0 aliphatic rings. The molecule has 1 atom stereocenters. The number of ether oxygens (including phenoxy) is 1. The van der Waals surface area contributed by atoms with Crippen LogP contribution in [0.4, 0.5) is 0 Å². The molecule has 2 nitrogen and oxygen atoms in total. The molecule has 0 fully saturated rings. The van der Waals surface area contributed by atoms with Gasteiger partial charge in [-0.3, -0.25) is 0 Å². The van der Waals surface area contributed by atoms with Crippen LogP contribution in [0.1, 0.15) is 51.7 Å². The molecule has 1 rings (SSSR count). The van der Waals surface area contributed by atoms with Crippen LogP contribution in [0, 0.1) is 5.92 Å². The maximum atomic E-state index is 11.2. The van der Waals surface area contributed by atoms with Gasteiger partial charge in [-0.2, -0.15) is 0 Å². The Morgan fingerprint density at radius 3 is 2.22 bits per heavy atom. The molecule has 0 amide bonds. The summed E-state index contributed by atoms with van der Waals surface area (Å²) < 4.78 is 5.41. The third-order valence-electron chi connectivity index (χ3n) is 3.28. The zero-order chi connectivity index (χ0) is 13.9. The van der Waals surface area contributed by atoms with Gasteiger partial charge in [0.05, 0.1) is 7.11 Å². The van der Waals surface area contributed by atoms with Crippen molar-refractivity contribution >= 4 is 6.29 Å². The standard InChI is InChI=1S/C16H24O2/c1-11(2)13(10-17)12-7-8-15(18-6)14(9-12)16(3,4)5/h7-11,13H,1-6H3. The fourth-order valence-electron chi connectivity index (χ4n) is 2.14. The van der Waals surface area contributed by atoms with E-state index in [4.69, 9.17) is 4.74 Å². The lowest BCUT2D eigenvalue weighted by Crippen LogP contribution is -2.15. The highest BCUT2D eigenvalue weighted by atomic mass is 16.5. The average Bonchev–Trinajstić information content (AvgIpc) is 2.28. The molecule has 18 heavy (non-hydrogen) atoms. The van der Waals surface area contributed by atoms with Crippen LogP contribution in [-0.4, -0.2) is 13.4 Å². The Morgan fingerprint density at radius 1 is 1.22 bits per heavy atom. The Kier molecular flexibility index (Phi) is 4.55. The minimum absolute atomic E-state index is 0.00572. The second-order valence-corrected chi connectivity index (χ2v) is 6.12. The second-order valence-electron chi connectivity index (χ2n) is 6.12. The number of carbonyl (C=O) groups excluding carboxylic acids is 1. The topological polar surface area (TPSA) is 26.3 Å². The van der Waals surface area contributed by atoms with Crippen LogP contribution in [0.2, 0.25) is 0 Å². The lowest BCUT2D eigenvalue weighted by atomic mass is 9.82. The molecule has 0 aliphatic carbocycles. The number of rotatable bonds is 4. The van der Waals surface area contributed by atoms with Gasteiger partial charge < -0.3 is 9.53 Å². The van der Waals surface area contributed by atoms with Crippen LogP contribution in [-0.2, 0) is 10.2 Å². The van der Waals surface area contributed by atoms with E-state index in [-0.39, 0.29) is 11.3 Å². The van der Waals surface area contributed by atoms with Crippen LogP contribution in [0.25, 0.3) is 0 Å². The Hall–Kier alpha value is -1.31. The van der Waals surface area contributed by atoms with Crippen molar-refractivity contribution in [3.63, 3.8) is 0 Å². The number of carbonyl (C=O) groups is 1. The predicted molar refractivity (Wildman–Crippen MR) is 75.3 cm³/mol. The second kappa shape index (κ2) is 5.55. The Balaban J connectivity index is 3.30. The van der Waals surface area contributed by atoms with Crippen LogP contribution in [0.5, 0.6) is 5.75 Å². The maximum Gasteiger partial charge on any atom is 0.127 e. The third-order valence-corrected chi connectivity index (χ3v) is 3.28. The molecular weight excluding hydrogens is 224 g/mol. The molecule has 1 aromatic carbocycles. The molecule has 0 heterocycles. The zero-order valence-corrected chi connectivity index (χ0v) is 12.3. The van der Waals surface area contributed by atoms with Gasteiger partial charge in [0, 0.05) is 5.92 Å². The zero-order valence-electron chi connectivity index (χ0n) is 12.3. The van der Waals surface area contributed by atoms with Crippen LogP contribution < -0.4 is 4.74 Å². The lowest BCUT2D eigenvalue weighted by Gasteiger charge is -2.24. The summed E-state index contributed by atoms with van der Waals surface area (Å²) in [5.74, 6) is 1.15. The van der Waals surface area contributed by atoms with Crippen molar-refractivity contribution in [2.45, 2.75) is 46.0 Å². The first-order valence-electron chi connectivity index (χ1n) is 6.45. The summed E-state index contributed by atoms with van der Waals surface area (Å²) in [6.07, 6.45) is 1.04. The lowest BCUT2D eigenvalue weighted by molar-refractivity contribution is -0.109. The van der Waals surface area contributed by atoms with E-state index in [2.05, 4.69) is 40.7 Å². The molecular formula is C16H24O2. The highest BCUT2D eigenvalue weighted by molar-refractivity contribution is 5.63. The van der Waals surface area contributed by atoms with E-state index >= 15 is 0 Å². The van der Waals surface area contributed by atoms with Gasteiger partial charge in [0.2, 0.25) is 0 Å². The fourth-order valence-corrected chi connectivity index (χ4v) is 2.14. The molecule has 0 aromatic heterocycles. The van der Waals surface area contributed by atoms with E-state index in [1.165, 1.54) is 0 Å². The molecule has 0 N–H and O–H groups in total. The van der Waals surface area contributed by atoms with Crippen molar-refractivity contribution in [1.29, 1.82) is 0 Å². The summed E-state index contributed by atoms with van der Waals surface area (Å²) in [4.78, 5) is 11.2. The first kappa shape index (κ1) is 14.7.